The minimum atomic E-state index is -0.340. The average Bonchev–Trinajstić information content (AvgIpc) is 3.16. The van der Waals surface area contributed by atoms with Crippen LogP contribution in [0.3, 0.4) is 0 Å². The van der Waals surface area contributed by atoms with Crippen LogP contribution in [0.4, 0.5) is 10.5 Å². The summed E-state index contributed by atoms with van der Waals surface area (Å²) in [5.41, 5.74) is 2.16. The first-order chi connectivity index (χ1) is 13.6. The van der Waals surface area contributed by atoms with Crippen molar-refractivity contribution in [1.82, 2.24) is 5.32 Å². The van der Waals surface area contributed by atoms with Crippen molar-refractivity contribution < 1.29 is 19.1 Å². The molecule has 0 bridgehead atoms. The van der Waals surface area contributed by atoms with Gasteiger partial charge in [0, 0.05) is 29.7 Å². The van der Waals surface area contributed by atoms with Crippen LogP contribution in [0, 0.1) is 11.8 Å². The Kier molecular flexibility index (Phi) is 6.42. The lowest BCUT2D eigenvalue weighted by Crippen LogP contribution is -2.24. The number of nitrogens with one attached hydrogen (secondary N) is 1. The van der Waals surface area contributed by atoms with E-state index in [1.165, 1.54) is 0 Å². The van der Waals surface area contributed by atoms with E-state index in [1.807, 2.05) is 30.3 Å². The van der Waals surface area contributed by atoms with Crippen molar-refractivity contribution in [1.29, 1.82) is 0 Å². The first-order valence-electron chi connectivity index (χ1n) is 9.01. The van der Waals surface area contributed by atoms with Gasteiger partial charge in [-0.05, 0) is 24.3 Å². The normalized spacial score (nSPS) is 12.7. The van der Waals surface area contributed by atoms with Crippen molar-refractivity contribution in [3.8, 4) is 11.8 Å². The van der Waals surface area contributed by atoms with Crippen molar-refractivity contribution in [2.24, 2.45) is 0 Å². The molecule has 2 aromatic rings. The van der Waals surface area contributed by atoms with Crippen LogP contribution in [-0.4, -0.2) is 37.5 Å². The number of nitrogens with zero attached hydrogens (tertiary/aromatic N) is 1. The molecule has 2 amide bonds. The number of Topliss-reactive ketones (excluding diaryl/α,β-unsaturated/α-hetero) is 1. The third-order valence-corrected chi connectivity index (χ3v) is 4.22. The average molecular weight is 376 g/mol. The van der Waals surface area contributed by atoms with E-state index in [0.29, 0.717) is 18.7 Å². The highest BCUT2D eigenvalue weighted by Crippen LogP contribution is 2.18. The second kappa shape index (κ2) is 9.38. The summed E-state index contributed by atoms with van der Waals surface area (Å²) in [6.45, 7) is 1.15. The Morgan fingerprint density at radius 1 is 1.04 bits per heavy atom. The summed E-state index contributed by atoms with van der Waals surface area (Å²) in [6.07, 6.45) is -0.0352. The van der Waals surface area contributed by atoms with E-state index in [2.05, 4.69) is 17.2 Å². The van der Waals surface area contributed by atoms with E-state index >= 15 is 0 Å². The van der Waals surface area contributed by atoms with Crippen molar-refractivity contribution in [2.45, 2.75) is 12.8 Å². The molecule has 0 unspecified atom stereocenters. The van der Waals surface area contributed by atoms with Crippen LogP contribution in [-0.2, 0) is 9.53 Å². The third kappa shape index (κ3) is 5.21. The Balaban J connectivity index is 1.41. The second-order valence-corrected chi connectivity index (χ2v) is 6.18. The number of carbonyl (C=O) groups excluding carboxylic acids is 3. The summed E-state index contributed by atoms with van der Waals surface area (Å²) in [5, 5.41) is 2.69. The fourth-order valence-corrected chi connectivity index (χ4v) is 2.73. The Morgan fingerprint density at radius 3 is 2.46 bits per heavy atom. The number of carbonyl (C=O) groups is 3. The molecule has 6 heteroatoms. The van der Waals surface area contributed by atoms with Gasteiger partial charge in [0.2, 0.25) is 5.91 Å². The molecule has 1 aliphatic heterocycles. The third-order valence-electron chi connectivity index (χ3n) is 4.22. The zero-order valence-corrected chi connectivity index (χ0v) is 15.3. The van der Waals surface area contributed by atoms with Crippen LogP contribution in [0.5, 0.6) is 0 Å². The summed E-state index contributed by atoms with van der Waals surface area (Å²) in [6, 6.07) is 16.2. The van der Waals surface area contributed by atoms with Crippen molar-refractivity contribution in [2.75, 3.05) is 24.6 Å². The van der Waals surface area contributed by atoms with Gasteiger partial charge in [-0.2, -0.15) is 0 Å². The number of ether oxygens (including phenoxy) is 1. The topological polar surface area (TPSA) is 75.7 Å². The van der Waals surface area contributed by atoms with Crippen LogP contribution in [0.1, 0.15) is 28.8 Å². The standard InChI is InChI=1S/C22H20N2O4/c25-20(18-6-2-1-3-7-18)12-13-21(26)23-14-4-5-17-8-10-19(11-9-17)24-15-16-28-22(24)27/h1-3,6-11H,12-16H2,(H,23,26). The highest BCUT2D eigenvalue weighted by atomic mass is 16.6. The molecule has 1 aliphatic rings. The molecular weight excluding hydrogens is 356 g/mol. The van der Waals surface area contributed by atoms with Crippen molar-refractivity contribution in [3.05, 3.63) is 65.7 Å². The molecule has 28 heavy (non-hydrogen) atoms. The fraction of sp³-hybridized carbons (Fsp3) is 0.227. The molecule has 1 fully saturated rings. The summed E-state index contributed by atoms with van der Waals surface area (Å²) in [4.78, 5) is 36.9. The van der Waals surface area contributed by atoms with Crippen LogP contribution in [0.15, 0.2) is 54.6 Å². The zero-order chi connectivity index (χ0) is 19.8. The van der Waals surface area contributed by atoms with Crippen LogP contribution in [0.2, 0.25) is 0 Å². The van der Waals surface area contributed by atoms with Gasteiger partial charge in [-0.25, -0.2) is 4.79 Å². The Labute approximate surface area is 163 Å². The first kappa shape index (κ1) is 19.2. The molecule has 0 aliphatic carbocycles. The number of anilines is 1. The molecule has 0 radical (unpaired) electrons. The SMILES string of the molecule is O=C(CCC(=O)c1ccccc1)NCC#Cc1ccc(N2CCOC2=O)cc1. The minimum absolute atomic E-state index is 0.0520. The number of ketones is 1. The van der Waals surface area contributed by atoms with Gasteiger partial charge in [0.05, 0.1) is 13.1 Å². The first-order valence-corrected chi connectivity index (χ1v) is 9.01. The van der Waals surface area contributed by atoms with E-state index in [1.54, 1.807) is 29.2 Å². The molecule has 1 heterocycles. The number of amides is 2. The largest absolute Gasteiger partial charge is 0.447 e. The molecule has 0 aromatic heterocycles. The number of benzene rings is 2. The molecule has 142 valence electrons. The summed E-state index contributed by atoms with van der Waals surface area (Å²) in [7, 11) is 0. The summed E-state index contributed by atoms with van der Waals surface area (Å²) in [5.74, 6) is 5.57. The minimum Gasteiger partial charge on any atom is -0.447 e. The lowest BCUT2D eigenvalue weighted by molar-refractivity contribution is -0.120. The van der Waals surface area contributed by atoms with E-state index in [0.717, 1.165) is 11.3 Å². The van der Waals surface area contributed by atoms with Gasteiger partial charge < -0.3 is 10.1 Å². The molecule has 1 saturated heterocycles. The van der Waals surface area contributed by atoms with Gasteiger partial charge >= 0.3 is 6.09 Å². The number of hydrogen-bond donors (Lipinski definition) is 1. The maximum Gasteiger partial charge on any atom is 0.414 e. The lowest BCUT2D eigenvalue weighted by Gasteiger charge is -2.11. The Morgan fingerprint density at radius 2 is 1.79 bits per heavy atom. The number of rotatable bonds is 6. The molecule has 2 aromatic carbocycles. The number of cyclic esters (lactones) is 1. The monoisotopic (exact) mass is 376 g/mol. The quantitative estimate of drug-likeness (QED) is 0.621. The maximum atomic E-state index is 12.0. The van der Waals surface area contributed by atoms with Gasteiger partial charge in [-0.1, -0.05) is 42.2 Å². The van der Waals surface area contributed by atoms with Gasteiger partial charge in [-0.15, -0.1) is 0 Å². The maximum absolute atomic E-state index is 12.0. The molecule has 3 rings (SSSR count). The smallest absolute Gasteiger partial charge is 0.414 e. The van der Waals surface area contributed by atoms with E-state index in [9.17, 15) is 14.4 Å². The van der Waals surface area contributed by atoms with Crippen molar-refractivity contribution in [3.63, 3.8) is 0 Å². The molecular formula is C22H20N2O4. The highest BCUT2D eigenvalue weighted by molar-refractivity contribution is 5.97. The Bertz CT molecular complexity index is 911. The summed E-state index contributed by atoms with van der Waals surface area (Å²) < 4.78 is 4.91. The van der Waals surface area contributed by atoms with Crippen LogP contribution < -0.4 is 10.2 Å². The Hall–Kier alpha value is -3.59. The fourth-order valence-electron chi connectivity index (χ4n) is 2.73. The second-order valence-electron chi connectivity index (χ2n) is 6.18. The van der Waals surface area contributed by atoms with Crippen LogP contribution in [0.25, 0.3) is 0 Å². The van der Waals surface area contributed by atoms with Gasteiger partial charge in [0.1, 0.15) is 6.61 Å². The molecule has 0 spiro atoms. The molecule has 0 saturated carbocycles. The van der Waals surface area contributed by atoms with Crippen molar-refractivity contribution >= 4 is 23.5 Å². The van der Waals surface area contributed by atoms with Gasteiger partial charge in [-0.3, -0.25) is 14.5 Å². The highest BCUT2D eigenvalue weighted by Gasteiger charge is 2.23. The predicted molar refractivity (Wildman–Crippen MR) is 105 cm³/mol. The van der Waals surface area contributed by atoms with E-state index in [4.69, 9.17) is 4.74 Å². The zero-order valence-electron chi connectivity index (χ0n) is 15.3. The molecule has 1 N–H and O–H groups in total. The van der Waals surface area contributed by atoms with E-state index in [-0.39, 0.29) is 37.2 Å². The van der Waals surface area contributed by atoms with Gasteiger partial charge in [0.15, 0.2) is 5.78 Å². The number of hydrogen-bond acceptors (Lipinski definition) is 4. The lowest BCUT2D eigenvalue weighted by atomic mass is 10.1. The predicted octanol–water partition coefficient (Wildman–Crippen LogP) is 2.77. The summed E-state index contributed by atoms with van der Waals surface area (Å²) >= 11 is 0. The molecule has 6 nitrogen and oxygen atoms in total. The van der Waals surface area contributed by atoms with Gasteiger partial charge in [0.25, 0.3) is 0 Å². The van der Waals surface area contributed by atoms with Crippen LogP contribution >= 0.6 is 0 Å². The molecule has 0 atom stereocenters. The van der Waals surface area contributed by atoms with E-state index < -0.39 is 0 Å².